The summed E-state index contributed by atoms with van der Waals surface area (Å²) < 4.78 is 20.4. The van der Waals surface area contributed by atoms with Gasteiger partial charge in [-0.2, -0.15) is 0 Å². The van der Waals surface area contributed by atoms with Crippen LogP contribution in [0.5, 0.6) is 0 Å². The Morgan fingerprint density at radius 3 is 2.25 bits per heavy atom. The van der Waals surface area contributed by atoms with Crippen LogP contribution < -0.4 is 5.73 Å². The largest absolute Gasteiger partial charge is 0.330 e. The summed E-state index contributed by atoms with van der Waals surface area (Å²) in [6.45, 7) is 2.25. The second-order valence-corrected chi connectivity index (χ2v) is 5.50. The highest BCUT2D eigenvalue weighted by atomic mass is 32.3. The molecule has 0 radical (unpaired) electrons. The zero-order valence-electron chi connectivity index (χ0n) is 7.44. The fourth-order valence-corrected chi connectivity index (χ4v) is 2.39. The van der Waals surface area contributed by atoms with E-state index in [4.69, 9.17) is 5.73 Å². The van der Waals surface area contributed by atoms with Crippen molar-refractivity contribution in [3.63, 3.8) is 0 Å². The van der Waals surface area contributed by atoms with Gasteiger partial charge < -0.3 is 5.73 Å². The van der Waals surface area contributed by atoms with Gasteiger partial charge in [0.2, 0.25) is 0 Å². The Balaban J connectivity index is 2.36. The third kappa shape index (κ3) is 2.60. The van der Waals surface area contributed by atoms with Crippen molar-refractivity contribution in [1.82, 2.24) is 4.31 Å². The van der Waals surface area contributed by atoms with E-state index in [1.807, 2.05) is 0 Å². The van der Waals surface area contributed by atoms with E-state index in [9.17, 15) is 9.11 Å². The average molecular weight is 194 g/mol. The highest BCUT2D eigenvalue weighted by Crippen LogP contribution is 2.40. The average Bonchev–Trinajstić information content (AvgIpc) is 2.03. The number of hydrogen-bond acceptors (Lipinski definition) is 4. The van der Waals surface area contributed by atoms with Crippen LogP contribution in [0.1, 0.15) is 12.8 Å². The lowest BCUT2D eigenvalue weighted by atomic mass is 9.99. The number of hydrogen-bond donors (Lipinski definition) is 3. The van der Waals surface area contributed by atoms with E-state index >= 15 is 0 Å². The molecule has 1 saturated heterocycles. The molecule has 0 bridgehead atoms. The Bertz CT molecular complexity index is 141. The molecule has 4 N–H and O–H groups in total. The van der Waals surface area contributed by atoms with E-state index in [-0.39, 0.29) is 0 Å². The van der Waals surface area contributed by atoms with Crippen LogP contribution in [0.4, 0.5) is 0 Å². The van der Waals surface area contributed by atoms with Gasteiger partial charge in [0, 0.05) is 19.3 Å². The highest BCUT2D eigenvalue weighted by molar-refractivity contribution is 8.21. The van der Waals surface area contributed by atoms with Crippen molar-refractivity contribution in [3.8, 4) is 0 Å². The monoisotopic (exact) mass is 194 g/mol. The smallest absolute Gasteiger partial charge is 0.0418 e. The molecule has 1 aliphatic rings. The number of nitrogens with zero attached hydrogens (tertiary/aromatic N) is 1. The van der Waals surface area contributed by atoms with Crippen molar-refractivity contribution in [2.75, 3.05) is 25.9 Å². The molecular weight excluding hydrogens is 176 g/mol. The topological polar surface area (TPSA) is 69.7 Å². The van der Waals surface area contributed by atoms with Gasteiger partial charge in [0.25, 0.3) is 0 Å². The van der Waals surface area contributed by atoms with Crippen LogP contribution in [0.15, 0.2) is 0 Å². The maximum atomic E-state index is 9.33. The Morgan fingerprint density at radius 2 is 1.92 bits per heavy atom. The van der Waals surface area contributed by atoms with Crippen molar-refractivity contribution >= 4 is 10.8 Å². The maximum absolute atomic E-state index is 9.33. The zero-order chi connectivity index (χ0) is 9.19. The zero-order valence-corrected chi connectivity index (χ0v) is 8.26. The summed E-state index contributed by atoms with van der Waals surface area (Å²) in [7, 11) is -2.47. The summed E-state index contributed by atoms with van der Waals surface area (Å²) in [6.07, 6.45) is 3.45. The minimum atomic E-state index is -2.47. The molecule has 0 aliphatic carbocycles. The van der Waals surface area contributed by atoms with Crippen LogP contribution in [0.25, 0.3) is 0 Å². The molecule has 74 valence electrons. The first-order valence-electron chi connectivity index (χ1n) is 4.22. The molecule has 12 heavy (non-hydrogen) atoms. The lowest BCUT2D eigenvalue weighted by molar-refractivity contribution is 0.257. The molecule has 0 saturated carbocycles. The molecule has 5 heteroatoms. The summed E-state index contributed by atoms with van der Waals surface area (Å²) in [4.78, 5) is 0. The standard InChI is InChI=1S/C7H18N2O2S/c1-12(10,11)9-4-2-7(6-8)3-5-9/h7,10-11H,2-6,8H2,1H3. The molecular formula is C7H18N2O2S. The van der Waals surface area contributed by atoms with E-state index in [0.717, 1.165) is 32.5 Å². The second kappa shape index (κ2) is 3.93. The SMILES string of the molecule is CS(O)(O)N1CCC(CN)CC1. The molecule has 0 atom stereocenters. The fraction of sp³-hybridized carbons (Fsp3) is 1.00. The lowest BCUT2D eigenvalue weighted by Gasteiger charge is -2.43. The first-order valence-corrected chi connectivity index (χ1v) is 6.13. The Labute approximate surface area is 75.2 Å². The molecule has 0 amide bonds. The van der Waals surface area contributed by atoms with Crippen molar-refractivity contribution in [2.24, 2.45) is 11.7 Å². The molecule has 0 unspecified atom stereocenters. The minimum Gasteiger partial charge on any atom is -0.330 e. The van der Waals surface area contributed by atoms with Crippen LogP contribution in [0.3, 0.4) is 0 Å². The van der Waals surface area contributed by atoms with Crippen LogP contribution in [0.2, 0.25) is 0 Å². The molecule has 0 aromatic rings. The predicted molar refractivity (Wildman–Crippen MR) is 52.1 cm³/mol. The quantitative estimate of drug-likeness (QED) is 0.612. The molecule has 1 heterocycles. The van der Waals surface area contributed by atoms with E-state index in [1.165, 1.54) is 6.26 Å². The normalized spacial score (nSPS) is 24.3. The summed E-state index contributed by atoms with van der Waals surface area (Å²) in [5.41, 5.74) is 5.52. The molecule has 1 rings (SSSR count). The third-order valence-electron chi connectivity index (χ3n) is 2.40. The van der Waals surface area contributed by atoms with Gasteiger partial charge in [-0.1, -0.05) is 0 Å². The Kier molecular flexibility index (Phi) is 3.37. The Morgan fingerprint density at radius 1 is 1.42 bits per heavy atom. The second-order valence-electron chi connectivity index (χ2n) is 3.40. The number of rotatable bonds is 2. The number of nitrogens with two attached hydrogens (primary N) is 1. The van der Waals surface area contributed by atoms with E-state index in [0.29, 0.717) is 5.92 Å². The van der Waals surface area contributed by atoms with Crippen LogP contribution in [-0.2, 0) is 0 Å². The van der Waals surface area contributed by atoms with Gasteiger partial charge in [-0.25, -0.2) is 4.31 Å². The molecule has 0 spiro atoms. The Hall–Kier alpha value is 0.190. The summed E-state index contributed by atoms with van der Waals surface area (Å²) in [6, 6.07) is 0. The summed E-state index contributed by atoms with van der Waals surface area (Å²) >= 11 is 0. The van der Waals surface area contributed by atoms with E-state index < -0.39 is 10.8 Å². The maximum Gasteiger partial charge on any atom is 0.0418 e. The summed E-state index contributed by atoms with van der Waals surface area (Å²) in [5.74, 6) is 0.572. The predicted octanol–water partition coefficient (Wildman–Crippen LogP) is 0.953. The molecule has 0 aromatic carbocycles. The third-order valence-corrected chi connectivity index (χ3v) is 3.74. The molecule has 1 aliphatic heterocycles. The van der Waals surface area contributed by atoms with Crippen LogP contribution in [0, 0.1) is 5.92 Å². The van der Waals surface area contributed by atoms with Gasteiger partial charge in [0.15, 0.2) is 0 Å². The first-order chi connectivity index (χ1) is 5.54. The van der Waals surface area contributed by atoms with Crippen molar-refractivity contribution in [1.29, 1.82) is 0 Å². The number of piperidine rings is 1. The van der Waals surface area contributed by atoms with Gasteiger partial charge in [-0.05, 0) is 25.3 Å². The van der Waals surface area contributed by atoms with E-state index in [2.05, 4.69) is 0 Å². The van der Waals surface area contributed by atoms with Gasteiger partial charge in [0.1, 0.15) is 0 Å². The molecule has 1 fully saturated rings. The highest BCUT2D eigenvalue weighted by Gasteiger charge is 2.24. The minimum absolute atomic E-state index is 0.572. The van der Waals surface area contributed by atoms with Crippen LogP contribution >= 0.6 is 10.8 Å². The fourth-order valence-electron chi connectivity index (χ4n) is 1.49. The van der Waals surface area contributed by atoms with Crippen molar-refractivity contribution in [2.45, 2.75) is 12.8 Å². The van der Waals surface area contributed by atoms with E-state index in [1.54, 1.807) is 4.31 Å². The van der Waals surface area contributed by atoms with Crippen molar-refractivity contribution in [3.05, 3.63) is 0 Å². The van der Waals surface area contributed by atoms with Gasteiger partial charge in [-0.3, -0.25) is 9.11 Å². The van der Waals surface area contributed by atoms with Gasteiger partial charge >= 0.3 is 0 Å². The van der Waals surface area contributed by atoms with Gasteiger partial charge in [-0.15, -0.1) is 10.8 Å². The molecule has 4 nitrogen and oxygen atoms in total. The first kappa shape index (κ1) is 10.3. The van der Waals surface area contributed by atoms with Gasteiger partial charge in [0.05, 0.1) is 0 Å². The van der Waals surface area contributed by atoms with Crippen molar-refractivity contribution < 1.29 is 9.11 Å². The lowest BCUT2D eigenvalue weighted by Crippen LogP contribution is -2.37. The summed E-state index contributed by atoms with van der Waals surface area (Å²) in [5, 5.41) is 0. The van der Waals surface area contributed by atoms with Crippen LogP contribution in [-0.4, -0.2) is 39.3 Å². The molecule has 0 aromatic heterocycles.